The first-order chi connectivity index (χ1) is 13.2. The lowest BCUT2D eigenvalue weighted by atomic mass is 9.89. The molecule has 0 aliphatic carbocycles. The van der Waals surface area contributed by atoms with Crippen LogP contribution in [0, 0.1) is 5.92 Å². The largest absolute Gasteiger partial charge is 0.457 e. The quantitative estimate of drug-likeness (QED) is 0.387. The van der Waals surface area contributed by atoms with E-state index in [9.17, 15) is 9.59 Å². The Morgan fingerprint density at radius 1 is 1.21 bits per heavy atom. The van der Waals surface area contributed by atoms with Gasteiger partial charge >= 0.3 is 6.09 Å². The van der Waals surface area contributed by atoms with Crippen molar-refractivity contribution in [2.24, 2.45) is 5.92 Å². The molecule has 1 heterocycles. The summed E-state index contributed by atoms with van der Waals surface area (Å²) >= 11 is 0. The summed E-state index contributed by atoms with van der Waals surface area (Å²) in [5.41, 5.74) is -0.0668. The standard InChI is InChI=1S/C23H29NO4/c1-6-11-18(7-2)27-20-14-9-8-13-19(20)21(25)17-12-10-15-24(16-17)22(26)28-23(3,4)5/h6-9,11,13-14,17H,1-2,10,12,15-16H2,3-5H3/b18-11+/t17-/m1/s1. The first-order valence-electron chi connectivity index (χ1n) is 9.49. The van der Waals surface area contributed by atoms with Crippen molar-refractivity contribution in [1.82, 2.24) is 4.90 Å². The maximum atomic E-state index is 13.2. The maximum absolute atomic E-state index is 13.2. The SMILES string of the molecule is C=C/C=C(\C=C)Oc1ccccc1C(=O)[C@@H]1CCCN(C(=O)OC(C)(C)C)C1. The maximum Gasteiger partial charge on any atom is 0.410 e. The lowest BCUT2D eigenvalue weighted by Gasteiger charge is -2.33. The number of carbonyl (C=O) groups excluding carboxylic acids is 2. The van der Waals surface area contributed by atoms with Crippen LogP contribution in [0.1, 0.15) is 44.0 Å². The summed E-state index contributed by atoms with van der Waals surface area (Å²) in [6.07, 6.45) is 5.95. The molecule has 5 nitrogen and oxygen atoms in total. The summed E-state index contributed by atoms with van der Waals surface area (Å²) < 4.78 is 11.3. The number of allylic oxidation sites excluding steroid dienone is 3. The van der Waals surface area contributed by atoms with Gasteiger partial charge in [0.05, 0.1) is 5.56 Å². The van der Waals surface area contributed by atoms with E-state index in [1.807, 2.05) is 26.8 Å². The Morgan fingerprint density at radius 2 is 1.93 bits per heavy atom. The van der Waals surface area contributed by atoms with Crippen LogP contribution < -0.4 is 4.74 Å². The number of hydrogen-bond donors (Lipinski definition) is 0. The summed E-state index contributed by atoms with van der Waals surface area (Å²) in [5, 5.41) is 0. The van der Waals surface area contributed by atoms with Gasteiger partial charge < -0.3 is 14.4 Å². The van der Waals surface area contributed by atoms with Gasteiger partial charge in [-0.1, -0.05) is 31.4 Å². The van der Waals surface area contributed by atoms with E-state index in [1.165, 1.54) is 0 Å². The van der Waals surface area contributed by atoms with Crippen molar-refractivity contribution in [3.63, 3.8) is 0 Å². The van der Waals surface area contributed by atoms with E-state index in [4.69, 9.17) is 9.47 Å². The van der Waals surface area contributed by atoms with Crippen LogP contribution in [0.5, 0.6) is 5.75 Å². The third kappa shape index (κ3) is 5.84. The molecule has 5 heteroatoms. The number of amides is 1. The number of likely N-dealkylation sites (tertiary alicyclic amines) is 1. The van der Waals surface area contributed by atoms with Gasteiger partial charge in [-0.25, -0.2) is 4.79 Å². The number of ketones is 1. The molecule has 28 heavy (non-hydrogen) atoms. The van der Waals surface area contributed by atoms with Gasteiger partial charge in [0, 0.05) is 19.0 Å². The van der Waals surface area contributed by atoms with E-state index in [2.05, 4.69) is 13.2 Å². The first kappa shape index (κ1) is 21.5. The third-order valence-corrected chi connectivity index (χ3v) is 4.31. The van der Waals surface area contributed by atoms with Crippen LogP contribution in [0.25, 0.3) is 0 Å². The minimum Gasteiger partial charge on any atom is -0.457 e. The number of rotatable bonds is 6. The Kier molecular flexibility index (Phi) is 7.21. The summed E-state index contributed by atoms with van der Waals surface area (Å²) in [6.45, 7) is 13.8. The average molecular weight is 383 g/mol. The molecular formula is C23H29NO4. The molecule has 1 amide bonds. The summed E-state index contributed by atoms with van der Waals surface area (Å²) in [4.78, 5) is 27.2. The second kappa shape index (κ2) is 9.40. The highest BCUT2D eigenvalue weighted by Gasteiger charge is 2.32. The predicted octanol–water partition coefficient (Wildman–Crippen LogP) is 5.15. The van der Waals surface area contributed by atoms with Crippen LogP contribution in [0.15, 0.2) is 61.4 Å². The molecule has 0 unspecified atom stereocenters. The van der Waals surface area contributed by atoms with Crippen LogP contribution in [-0.2, 0) is 4.74 Å². The predicted molar refractivity (Wildman–Crippen MR) is 110 cm³/mol. The topological polar surface area (TPSA) is 55.8 Å². The van der Waals surface area contributed by atoms with Crippen molar-refractivity contribution in [2.45, 2.75) is 39.2 Å². The third-order valence-electron chi connectivity index (χ3n) is 4.31. The van der Waals surface area contributed by atoms with Gasteiger partial charge in [-0.05, 0) is 57.9 Å². The van der Waals surface area contributed by atoms with Gasteiger partial charge in [0.2, 0.25) is 0 Å². The number of benzene rings is 1. The molecule has 0 radical (unpaired) electrons. The highest BCUT2D eigenvalue weighted by atomic mass is 16.6. The van der Waals surface area contributed by atoms with Gasteiger partial charge in [-0.15, -0.1) is 0 Å². The zero-order valence-corrected chi connectivity index (χ0v) is 16.9. The van der Waals surface area contributed by atoms with Gasteiger partial charge in [0.15, 0.2) is 5.78 Å². The van der Waals surface area contributed by atoms with Crippen molar-refractivity contribution in [2.75, 3.05) is 13.1 Å². The number of piperidine rings is 1. The highest BCUT2D eigenvalue weighted by molar-refractivity contribution is 6.00. The molecule has 0 N–H and O–H groups in total. The molecule has 1 aromatic rings. The van der Waals surface area contributed by atoms with Gasteiger partial charge in [-0.2, -0.15) is 0 Å². The molecular weight excluding hydrogens is 354 g/mol. The molecule has 1 aromatic carbocycles. The fraction of sp³-hybridized carbons (Fsp3) is 0.391. The minimum atomic E-state index is -0.562. The van der Waals surface area contributed by atoms with Gasteiger partial charge in [-0.3, -0.25) is 4.79 Å². The molecule has 1 saturated heterocycles. The highest BCUT2D eigenvalue weighted by Crippen LogP contribution is 2.28. The Balaban J connectivity index is 2.17. The molecule has 1 fully saturated rings. The van der Waals surface area contributed by atoms with Crippen LogP contribution in [0.3, 0.4) is 0 Å². The molecule has 1 aliphatic rings. The Morgan fingerprint density at radius 3 is 2.57 bits per heavy atom. The number of para-hydroxylation sites is 1. The van der Waals surface area contributed by atoms with Gasteiger partial charge in [0.25, 0.3) is 0 Å². The molecule has 1 atom stereocenters. The Labute approximate surface area is 167 Å². The fourth-order valence-corrected chi connectivity index (χ4v) is 3.05. The summed E-state index contributed by atoms with van der Waals surface area (Å²) in [6, 6.07) is 7.12. The van der Waals surface area contributed by atoms with E-state index < -0.39 is 5.60 Å². The second-order valence-electron chi connectivity index (χ2n) is 7.74. The van der Waals surface area contributed by atoms with Crippen molar-refractivity contribution in [3.05, 3.63) is 67.0 Å². The number of carbonyl (C=O) groups is 2. The molecule has 150 valence electrons. The van der Waals surface area contributed by atoms with Gasteiger partial charge in [0.1, 0.15) is 17.1 Å². The molecule has 1 aliphatic heterocycles. The van der Waals surface area contributed by atoms with Crippen LogP contribution in [0.4, 0.5) is 4.79 Å². The Bertz CT molecular complexity index is 773. The first-order valence-corrected chi connectivity index (χ1v) is 9.49. The Hall–Kier alpha value is -2.82. The van der Waals surface area contributed by atoms with Crippen molar-refractivity contribution < 1.29 is 19.1 Å². The van der Waals surface area contributed by atoms with E-state index in [1.54, 1.807) is 41.3 Å². The molecule has 0 spiro atoms. The zero-order chi connectivity index (χ0) is 20.7. The van der Waals surface area contributed by atoms with Crippen LogP contribution in [0.2, 0.25) is 0 Å². The summed E-state index contributed by atoms with van der Waals surface area (Å²) in [5.74, 6) is 0.650. The van der Waals surface area contributed by atoms with E-state index in [-0.39, 0.29) is 17.8 Å². The number of hydrogen-bond acceptors (Lipinski definition) is 4. The van der Waals surface area contributed by atoms with Crippen molar-refractivity contribution in [3.8, 4) is 5.75 Å². The molecule has 0 aromatic heterocycles. The number of ether oxygens (including phenoxy) is 2. The monoisotopic (exact) mass is 383 g/mol. The fourth-order valence-electron chi connectivity index (χ4n) is 3.05. The van der Waals surface area contributed by atoms with E-state index >= 15 is 0 Å². The molecule has 0 bridgehead atoms. The lowest BCUT2D eigenvalue weighted by Crippen LogP contribution is -2.44. The van der Waals surface area contributed by atoms with Crippen molar-refractivity contribution >= 4 is 11.9 Å². The summed E-state index contributed by atoms with van der Waals surface area (Å²) in [7, 11) is 0. The normalized spacial score (nSPS) is 17.6. The number of nitrogens with zero attached hydrogens (tertiary/aromatic N) is 1. The van der Waals surface area contributed by atoms with E-state index in [0.717, 1.165) is 12.8 Å². The number of Topliss-reactive ketones (excluding diaryl/α,β-unsaturated/α-hetero) is 1. The smallest absolute Gasteiger partial charge is 0.410 e. The second-order valence-corrected chi connectivity index (χ2v) is 7.74. The zero-order valence-electron chi connectivity index (χ0n) is 16.9. The molecule has 2 rings (SSSR count). The average Bonchev–Trinajstić information content (AvgIpc) is 2.66. The molecule has 0 saturated carbocycles. The van der Waals surface area contributed by atoms with E-state index in [0.29, 0.717) is 30.2 Å². The van der Waals surface area contributed by atoms with Crippen LogP contribution >= 0.6 is 0 Å². The van der Waals surface area contributed by atoms with Crippen LogP contribution in [-0.4, -0.2) is 35.5 Å². The van der Waals surface area contributed by atoms with Crippen molar-refractivity contribution in [1.29, 1.82) is 0 Å². The lowest BCUT2D eigenvalue weighted by molar-refractivity contribution is 0.0172. The minimum absolute atomic E-state index is 0.0362.